The molecule has 0 aliphatic rings. The zero-order valence-electron chi connectivity index (χ0n) is 13.9. The number of hydrogen-bond donors (Lipinski definition) is 1. The highest BCUT2D eigenvalue weighted by atomic mass is 35.5. The number of rotatable bonds is 7. The molecule has 0 aromatic heterocycles. The van der Waals surface area contributed by atoms with E-state index in [1.807, 2.05) is 0 Å². The van der Waals surface area contributed by atoms with Gasteiger partial charge >= 0.3 is 5.97 Å². The predicted octanol–water partition coefficient (Wildman–Crippen LogP) is 2.29. The largest absolute Gasteiger partial charge is 0.454 e. The summed E-state index contributed by atoms with van der Waals surface area (Å²) < 4.78 is 29.6. The highest BCUT2D eigenvalue weighted by Gasteiger charge is 2.22. The molecule has 0 aliphatic heterocycles. The van der Waals surface area contributed by atoms with Gasteiger partial charge in [0.15, 0.2) is 6.61 Å². The number of amides is 1. The van der Waals surface area contributed by atoms with Crippen LogP contribution >= 0.6 is 11.6 Å². The van der Waals surface area contributed by atoms with Crippen LogP contribution in [0.5, 0.6) is 0 Å². The van der Waals surface area contributed by atoms with Crippen molar-refractivity contribution in [2.24, 2.45) is 0 Å². The zero-order chi connectivity index (χ0) is 19.2. The lowest BCUT2D eigenvalue weighted by Crippen LogP contribution is -2.36. The number of hydrogen-bond acceptors (Lipinski definition) is 5. The van der Waals surface area contributed by atoms with Crippen molar-refractivity contribution in [3.63, 3.8) is 0 Å². The van der Waals surface area contributed by atoms with Crippen LogP contribution in [0.25, 0.3) is 0 Å². The predicted molar refractivity (Wildman–Crippen MR) is 99.7 cm³/mol. The first kappa shape index (κ1) is 19.7. The normalized spacial score (nSPS) is 10.8. The number of nitrogens with one attached hydrogen (secondary N) is 1. The first-order valence-electron chi connectivity index (χ1n) is 7.49. The molecule has 2 aromatic rings. The maximum atomic E-state index is 12.0. The lowest BCUT2D eigenvalue weighted by molar-refractivity contribution is -0.145. The smallest absolute Gasteiger partial charge is 0.327 e. The fourth-order valence-corrected chi connectivity index (χ4v) is 3.08. The number of esters is 1. The van der Waals surface area contributed by atoms with E-state index in [0.29, 0.717) is 10.7 Å². The van der Waals surface area contributed by atoms with Gasteiger partial charge in [-0.25, -0.2) is 8.42 Å². The summed E-state index contributed by atoms with van der Waals surface area (Å²) >= 11 is 5.86. The highest BCUT2D eigenvalue weighted by Crippen LogP contribution is 2.21. The van der Waals surface area contributed by atoms with E-state index in [9.17, 15) is 18.0 Å². The fraction of sp³-hybridized carbons (Fsp3) is 0.176. The summed E-state index contributed by atoms with van der Waals surface area (Å²) in [6.07, 6.45) is 0.962. The average molecular weight is 397 g/mol. The molecule has 0 unspecified atom stereocenters. The van der Waals surface area contributed by atoms with Gasteiger partial charge in [-0.2, -0.15) is 0 Å². The third-order valence-corrected chi connectivity index (χ3v) is 4.57. The molecule has 0 bridgehead atoms. The quantitative estimate of drug-likeness (QED) is 0.725. The molecule has 0 saturated heterocycles. The Kier molecular flexibility index (Phi) is 6.59. The second-order valence-corrected chi connectivity index (χ2v) is 7.67. The molecule has 7 nitrogen and oxygen atoms in total. The molecular formula is C17H17ClN2O5S. The van der Waals surface area contributed by atoms with Crippen LogP contribution in [0.2, 0.25) is 5.02 Å². The van der Waals surface area contributed by atoms with Crippen LogP contribution in [-0.4, -0.2) is 39.7 Å². The van der Waals surface area contributed by atoms with Crippen molar-refractivity contribution in [1.82, 2.24) is 0 Å². The molecule has 9 heteroatoms. The van der Waals surface area contributed by atoms with Crippen LogP contribution in [-0.2, 0) is 24.3 Å². The van der Waals surface area contributed by atoms with E-state index >= 15 is 0 Å². The van der Waals surface area contributed by atoms with Gasteiger partial charge in [0.05, 0.1) is 11.9 Å². The number of halogens is 1. The van der Waals surface area contributed by atoms with E-state index in [1.54, 1.807) is 42.5 Å². The van der Waals surface area contributed by atoms with Crippen LogP contribution in [0.15, 0.2) is 54.6 Å². The van der Waals surface area contributed by atoms with Crippen molar-refractivity contribution in [2.75, 3.05) is 29.0 Å². The molecule has 0 radical (unpaired) electrons. The molecule has 0 saturated carbocycles. The van der Waals surface area contributed by atoms with Crippen molar-refractivity contribution in [3.8, 4) is 0 Å². The Bertz CT molecular complexity index is 887. The molecule has 2 rings (SSSR count). The summed E-state index contributed by atoms with van der Waals surface area (Å²) in [5, 5.41) is 2.88. The molecule has 0 aliphatic carbocycles. The SMILES string of the molecule is CS(=O)(=O)N(CC(=O)OCC(=O)Nc1ccccc1)c1cccc(Cl)c1. The number of benzene rings is 2. The summed E-state index contributed by atoms with van der Waals surface area (Å²) in [5.41, 5.74) is 0.788. The van der Waals surface area contributed by atoms with Crippen molar-refractivity contribution in [2.45, 2.75) is 0 Å². The van der Waals surface area contributed by atoms with Crippen LogP contribution in [0.1, 0.15) is 0 Å². The summed E-state index contributed by atoms with van der Waals surface area (Å²) in [6.45, 7) is -1.10. The van der Waals surface area contributed by atoms with Gasteiger partial charge in [0.2, 0.25) is 10.0 Å². The van der Waals surface area contributed by atoms with E-state index in [0.717, 1.165) is 10.6 Å². The fourth-order valence-electron chi connectivity index (χ4n) is 2.06. The topological polar surface area (TPSA) is 92.8 Å². The minimum atomic E-state index is -3.74. The van der Waals surface area contributed by atoms with Crippen LogP contribution in [0.4, 0.5) is 11.4 Å². The van der Waals surface area contributed by atoms with Gasteiger partial charge < -0.3 is 10.1 Å². The van der Waals surface area contributed by atoms with Crippen molar-refractivity contribution in [3.05, 3.63) is 59.6 Å². The van der Waals surface area contributed by atoms with Gasteiger partial charge in [-0.15, -0.1) is 0 Å². The van der Waals surface area contributed by atoms with E-state index in [-0.39, 0.29) is 5.69 Å². The summed E-state index contributed by atoms with van der Waals surface area (Å²) in [7, 11) is -3.74. The van der Waals surface area contributed by atoms with E-state index < -0.39 is 35.1 Å². The molecule has 1 amide bonds. The van der Waals surface area contributed by atoms with Crippen LogP contribution in [0.3, 0.4) is 0 Å². The molecule has 0 atom stereocenters. The number of anilines is 2. The molecule has 0 heterocycles. The maximum Gasteiger partial charge on any atom is 0.327 e. The Hall–Kier alpha value is -2.58. The van der Waals surface area contributed by atoms with Gasteiger partial charge in [0.25, 0.3) is 5.91 Å². The molecule has 26 heavy (non-hydrogen) atoms. The third kappa shape index (κ3) is 6.05. The Balaban J connectivity index is 1.96. The van der Waals surface area contributed by atoms with Crippen molar-refractivity contribution in [1.29, 1.82) is 0 Å². The van der Waals surface area contributed by atoms with Crippen LogP contribution in [0, 0.1) is 0 Å². The van der Waals surface area contributed by atoms with Crippen LogP contribution < -0.4 is 9.62 Å². The molecule has 2 aromatic carbocycles. The monoisotopic (exact) mass is 396 g/mol. The van der Waals surface area contributed by atoms with Gasteiger partial charge in [0.1, 0.15) is 6.54 Å². The molecule has 0 spiro atoms. The zero-order valence-corrected chi connectivity index (χ0v) is 15.5. The third-order valence-electron chi connectivity index (χ3n) is 3.19. The lowest BCUT2D eigenvalue weighted by Gasteiger charge is -2.21. The Morgan fingerprint density at radius 2 is 1.81 bits per heavy atom. The molecule has 138 valence electrons. The first-order chi connectivity index (χ1) is 12.3. The Morgan fingerprint density at radius 3 is 2.42 bits per heavy atom. The van der Waals surface area contributed by atoms with E-state index in [1.165, 1.54) is 12.1 Å². The number of carbonyl (C=O) groups excluding carboxylic acids is 2. The second-order valence-electron chi connectivity index (χ2n) is 5.32. The average Bonchev–Trinajstić information content (AvgIpc) is 2.58. The molecular weight excluding hydrogens is 380 g/mol. The van der Waals surface area contributed by atoms with E-state index in [4.69, 9.17) is 16.3 Å². The Labute approximate surface area is 156 Å². The summed E-state index contributed by atoms with van der Waals surface area (Å²) in [4.78, 5) is 23.8. The first-order valence-corrected chi connectivity index (χ1v) is 9.72. The second kappa shape index (κ2) is 8.68. The number of ether oxygens (including phenoxy) is 1. The minimum absolute atomic E-state index is 0.227. The van der Waals surface area contributed by atoms with E-state index in [2.05, 4.69) is 5.32 Å². The molecule has 1 N–H and O–H groups in total. The van der Waals surface area contributed by atoms with Gasteiger partial charge in [-0.3, -0.25) is 13.9 Å². The van der Waals surface area contributed by atoms with Gasteiger partial charge in [-0.1, -0.05) is 35.9 Å². The number of nitrogens with zero attached hydrogens (tertiary/aromatic N) is 1. The Morgan fingerprint density at radius 1 is 1.12 bits per heavy atom. The highest BCUT2D eigenvalue weighted by molar-refractivity contribution is 7.92. The minimum Gasteiger partial charge on any atom is -0.454 e. The number of para-hydroxylation sites is 1. The number of sulfonamides is 1. The lowest BCUT2D eigenvalue weighted by atomic mass is 10.3. The summed E-state index contributed by atoms with van der Waals surface area (Å²) in [6, 6.07) is 14.7. The van der Waals surface area contributed by atoms with Gasteiger partial charge in [-0.05, 0) is 30.3 Å². The van der Waals surface area contributed by atoms with Gasteiger partial charge in [0, 0.05) is 10.7 Å². The number of carbonyl (C=O) groups is 2. The maximum absolute atomic E-state index is 12.0. The standard InChI is InChI=1S/C17H17ClN2O5S/c1-26(23,24)20(15-9-5-6-13(18)10-15)11-17(22)25-12-16(21)19-14-7-3-2-4-8-14/h2-10H,11-12H2,1H3,(H,19,21). The van der Waals surface area contributed by atoms with Crippen molar-refractivity contribution < 1.29 is 22.7 Å². The summed E-state index contributed by atoms with van der Waals surface area (Å²) in [5.74, 6) is -1.39. The van der Waals surface area contributed by atoms with Crippen molar-refractivity contribution >= 4 is 44.9 Å². The molecule has 0 fully saturated rings.